The van der Waals surface area contributed by atoms with Gasteiger partial charge in [-0.3, -0.25) is 4.90 Å². The number of likely N-dealkylation sites (tertiary alicyclic amines) is 1. The Morgan fingerprint density at radius 2 is 1.58 bits per heavy atom. The highest BCUT2D eigenvalue weighted by atomic mass is 35.5. The third-order valence-electron chi connectivity index (χ3n) is 6.28. The van der Waals surface area contributed by atoms with E-state index in [2.05, 4.69) is 11.0 Å². The molecule has 0 unspecified atom stereocenters. The molecule has 170 valence electrons. The van der Waals surface area contributed by atoms with Gasteiger partial charge in [0.2, 0.25) is 0 Å². The summed E-state index contributed by atoms with van der Waals surface area (Å²) < 4.78 is 43.1. The van der Waals surface area contributed by atoms with Gasteiger partial charge in [0.15, 0.2) is 0 Å². The lowest BCUT2D eigenvalue weighted by atomic mass is 9.72. The highest BCUT2D eigenvalue weighted by molar-refractivity contribution is 6.30. The van der Waals surface area contributed by atoms with Crippen LogP contribution >= 0.6 is 11.6 Å². The first kappa shape index (κ1) is 23.4. The van der Waals surface area contributed by atoms with Crippen molar-refractivity contribution in [3.63, 3.8) is 0 Å². The molecule has 0 amide bonds. The summed E-state index contributed by atoms with van der Waals surface area (Å²) in [5, 5.41) is 9.97. The van der Waals surface area contributed by atoms with Crippen molar-refractivity contribution >= 4 is 11.6 Å². The molecule has 1 aliphatic rings. The molecule has 0 radical (unpaired) electrons. The Morgan fingerprint density at radius 3 is 2.15 bits per heavy atom. The zero-order valence-electron chi connectivity index (χ0n) is 18.4. The van der Waals surface area contributed by atoms with Crippen molar-refractivity contribution < 1.29 is 13.2 Å². The molecule has 6 heteroatoms. The minimum Gasteiger partial charge on any atom is -0.292 e. The molecule has 1 aliphatic heterocycles. The molecule has 1 heterocycles. The summed E-state index contributed by atoms with van der Waals surface area (Å²) in [7, 11) is 0. The summed E-state index contributed by atoms with van der Waals surface area (Å²) in [5.74, 6) is -2.19. The molecule has 0 spiro atoms. The average molecular weight is 469 g/mol. The van der Waals surface area contributed by atoms with E-state index in [0.29, 0.717) is 29.2 Å². The quantitative estimate of drug-likeness (QED) is 0.388. The maximum absolute atomic E-state index is 15.3. The molecule has 2 nitrogen and oxygen atoms in total. The number of hydrogen-bond acceptors (Lipinski definition) is 2. The van der Waals surface area contributed by atoms with E-state index in [4.69, 9.17) is 11.6 Å². The van der Waals surface area contributed by atoms with Gasteiger partial charge in [0.05, 0.1) is 17.7 Å². The average Bonchev–Trinajstić information content (AvgIpc) is 2.72. The van der Waals surface area contributed by atoms with Gasteiger partial charge in [0.25, 0.3) is 0 Å². The molecule has 0 bridgehead atoms. The number of alkyl halides is 1. The summed E-state index contributed by atoms with van der Waals surface area (Å²) in [5.41, 5.74) is 1.18. The van der Waals surface area contributed by atoms with Crippen LogP contribution in [0.3, 0.4) is 0 Å². The summed E-state index contributed by atoms with van der Waals surface area (Å²) in [4.78, 5) is 2.19. The van der Waals surface area contributed by atoms with Crippen LogP contribution in [0.2, 0.25) is 5.02 Å². The number of nitriles is 1. The second-order valence-corrected chi connectivity index (χ2v) is 9.59. The zero-order chi connectivity index (χ0) is 23.8. The van der Waals surface area contributed by atoms with Gasteiger partial charge < -0.3 is 0 Å². The Labute approximate surface area is 197 Å². The van der Waals surface area contributed by atoms with Crippen molar-refractivity contribution in [3.05, 3.63) is 106 Å². The molecular weight excluding hydrogens is 445 g/mol. The molecule has 0 aromatic heterocycles. The second kappa shape index (κ2) is 9.21. The first-order valence-electron chi connectivity index (χ1n) is 10.8. The van der Waals surface area contributed by atoms with E-state index in [9.17, 15) is 14.0 Å². The monoisotopic (exact) mass is 468 g/mol. The van der Waals surface area contributed by atoms with E-state index in [1.807, 2.05) is 42.5 Å². The zero-order valence-corrected chi connectivity index (χ0v) is 19.2. The van der Waals surface area contributed by atoms with Gasteiger partial charge in [-0.25, -0.2) is 13.2 Å². The van der Waals surface area contributed by atoms with Gasteiger partial charge in [0.1, 0.15) is 17.3 Å². The predicted molar refractivity (Wildman–Crippen MR) is 124 cm³/mol. The van der Waals surface area contributed by atoms with Crippen LogP contribution in [0.5, 0.6) is 0 Å². The fourth-order valence-electron chi connectivity index (χ4n) is 4.99. The Hall–Kier alpha value is -2.81. The first-order chi connectivity index (χ1) is 15.7. The minimum absolute atomic E-state index is 0.125. The van der Waals surface area contributed by atoms with Crippen LogP contribution in [0.1, 0.15) is 48.1 Å². The third kappa shape index (κ3) is 5.08. The van der Waals surface area contributed by atoms with Gasteiger partial charge in [0, 0.05) is 30.1 Å². The molecule has 4 rings (SSSR count). The van der Waals surface area contributed by atoms with Crippen LogP contribution in [-0.4, -0.2) is 23.7 Å². The fourth-order valence-corrected chi connectivity index (χ4v) is 5.12. The number of benzene rings is 3. The molecule has 3 aromatic rings. The summed E-state index contributed by atoms with van der Waals surface area (Å²) in [6.07, 6.45) is 0. The first-order valence-corrected chi connectivity index (χ1v) is 11.2. The van der Waals surface area contributed by atoms with Crippen LogP contribution in [0, 0.1) is 28.9 Å². The summed E-state index contributed by atoms with van der Waals surface area (Å²) in [6.45, 7) is 3.99. The van der Waals surface area contributed by atoms with Gasteiger partial charge in [-0.05, 0) is 72.9 Å². The summed E-state index contributed by atoms with van der Waals surface area (Å²) in [6, 6.07) is 20.2. The van der Waals surface area contributed by atoms with Crippen molar-refractivity contribution in [1.82, 2.24) is 4.90 Å². The van der Waals surface area contributed by atoms with Gasteiger partial charge >= 0.3 is 0 Å². The van der Waals surface area contributed by atoms with Crippen molar-refractivity contribution in [3.8, 4) is 6.07 Å². The fraction of sp³-hybridized carbons (Fsp3) is 0.296. The SMILES string of the molecule is CC(C)(F)[C@@H](c1cc(F)cc(F)c1)C1CN([C@H](c2ccc(Cl)cc2)c2cccc(C#N)c2)C1. The van der Waals surface area contributed by atoms with Crippen LogP contribution in [-0.2, 0) is 0 Å². The van der Waals surface area contributed by atoms with Gasteiger partial charge in [-0.15, -0.1) is 0 Å². The molecular formula is C27H24ClF3N2. The van der Waals surface area contributed by atoms with E-state index >= 15 is 4.39 Å². The maximum atomic E-state index is 15.3. The lowest BCUT2D eigenvalue weighted by Crippen LogP contribution is -2.53. The Kier molecular flexibility index (Phi) is 6.52. The van der Waals surface area contributed by atoms with Crippen molar-refractivity contribution in [2.24, 2.45) is 5.92 Å². The molecule has 2 atom stereocenters. The van der Waals surface area contributed by atoms with Gasteiger partial charge in [-0.1, -0.05) is 35.9 Å². The van der Waals surface area contributed by atoms with Crippen molar-refractivity contribution in [2.75, 3.05) is 13.1 Å². The van der Waals surface area contributed by atoms with Crippen molar-refractivity contribution in [1.29, 1.82) is 5.26 Å². The Bertz CT molecular complexity index is 1150. The topological polar surface area (TPSA) is 27.0 Å². The second-order valence-electron chi connectivity index (χ2n) is 9.15. The highest BCUT2D eigenvalue weighted by Gasteiger charge is 2.45. The van der Waals surface area contributed by atoms with Crippen LogP contribution in [0.15, 0.2) is 66.7 Å². The molecule has 0 saturated carbocycles. The maximum Gasteiger partial charge on any atom is 0.126 e. The standard InChI is InChI=1S/C27H24ClF3N2/c1-27(2,31)25(20-11-23(29)13-24(30)12-20)21-15-33(16-21)26(18-6-8-22(28)9-7-18)19-5-3-4-17(10-19)14-32/h3-13,21,25-26H,15-16H2,1-2H3/t25-,26+/m0/s1. The summed E-state index contributed by atoms with van der Waals surface area (Å²) >= 11 is 6.09. The molecule has 3 aromatic carbocycles. The molecule has 33 heavy (non-hydrogen) atoms. The number of rotatable bonds is 6. The number of nitrogens with zero attached hydrogens (tertiary/aromatic N) is 2. The lowest BCUT2D eigenvalue weighted by molar-refractivity contribution is 0.00804. The molecule has 0 N–H and O–H groups in total. The predicted octanol–water partition coefficient (Wildman–Crippen LogP) is 7.04. The smallest absolute Gasteiger partial charge is 0.126 e. The minimum atomic E-state index is -1.66. The Balaban J connectivity index is 1.65. The van der Waals surface area contributed by atoms with Crippen LogP contribution in [0.25, 0.3) is 0 Å². The lowest BCUT2D eigenvalue weighted by Gasteiger charge is -2.50. The molecule has 0 aliphatic carbocycles. The van der Waals surface area contributed by atoms with E-state index in [1.54, 1.807) is 6.07 Å². The van der Waals surface area contributed by atoms with E-state index in [-0.39, 0.29) is 12.0 Å². The van der Waals surface area contributed by atoms with E-state index < -0.39 is 23.2 Å². The number of halogens is 4. The highest BCUT2D eigenvalue weighted by Crippen LogP contribution is 2.45. The van der Waals surface area contributed by atoms with Crippen LogP contribution < -0.4 is 0 Å². The molecule has 1 saturated heterocycles. The van der Waals surface area contributed by atoms with E-state index in [0.717, 1.165) is 17.2 Å². The largest absolute Gasteiger partial charge is 0.292 e. The Morgan fingerprint density at radius 1 is 0.939 bits per heavy atom. The number of hydrogen-bond donors (Lipinski definition) is 0. The van der Waals surface area contributed by atoms with Crippen molar-refractivity contribution in [2.45, 2.75) is 31.5 Å². The normalized spacial score (nSPS) is 16.6. The molecule has 1 fully saturated rings. The van der Waals surface area contributed by atoms with Gasteiger partial charge in [-0.2, -0.15) is 5.26 Å². The van der Waals surface area contributed by atoms with Crippen LogP contribution in [0.4, 0.5) is 13.2 Å². The third-order valence-corrected chi connectivity index (χ3v) is 6.53. The van der Waals surface area contributed by atoms with E-state index in [1.165, 1.54) is 26.0 Å².